The third kappa shape index (κ3) is 2.69. The van der Waals surface area contributed by atoms with Crippen molar-refractivity contribution >= 4 is 29.1 Å². The lowest BCUT2D eigenvalue weighted by Gasteiger charge is -2.06. The van der Waals surface area contributed by atoms with E-state index in [1.165, 1.54) is 0 Å². The summed E-state index contributed by atoms with van der Waals surface area (Å²) in [5, 5.41) is 4.09. The second-order valence-electron chi connectivity index (χ2n) is 4.27. The molecule has 2 nitrogen and oxygen atoms in total. The highest BCUT2D eigenvalue weighted by Crippen LogP contribution is 2.37. The minimum absolute atomic E-state index is 0.124. The number of carbonyl (C=O) groups excluding carboxylic acids is 1. The third-order valence-electron chi connectivity index (χ3n) is 2.91. The standard InChI is InChI=1S/C12H13Cl2NO/c1-7-4-10(7)12(16)15-6-8-2-3-9(13)5-11(8)14/h2-3,5,7,10H,4,6H2,1H3,(H,15,16)/t7-,10+/m1/s1. The summed E-state index contributed by atoms with van der Waals surface area (Å²) in [6, 6.07) is 5.29. The average Bonchev–Trinajstić information content (AvgIpc) is 2.94. The fraction of sp³-hybridized carbons (Fsp3) is 0.417. The van der Waals surface area contributed by atoms with Gasteiger partial charge in [0.2, 0.25) is 5.91 Å². The van der Waals surface area contributed by atoms with Crippen LogP contribution >= 0.6 is 23.2 Å². The fourth-order valence-electron chi connectivity index (χ4n) is 1.67. The molecule has 86 valence electrons. The van der Waals surface area contributed by atoms with Gasteiger partial charge in [-0.05, 0) is 30.0 Å². The smallest absolute Gasteiger partial charge is 0.223 e. The summed E-state index contributed by atoms with van der Waals surface area (Å²) < 4.78 is 0. The second-order valence-corrected chi connectivity index (χ2v) is 5.12. The Labute approximate surface area is 105 Å². The van der Waals surface area contributed by atoms with Crippen LogP contribution in [0.4, 0.5) is 0 Å². The summed E-state index contributed by atoms with van der Waals surface area (Å²) in [6.07, 6.45) is 1.00. The Morgan fingerprint density at radius 2 is 2.19 bits per heavy atom. The van der Waals surface area contributed by atoms with Gasteiger partial charge in [0.1, 0.15) is 0 Å². The third-order valence-corrected chi connectivity index (χ3v) is 3.50. The molecule has 0 aliphatic heterocycles. The first-order valence-corrected chi connectivity index (χ1v) is 6.05. The quantitative estimate of drug-likeness (QED) is 0.885. The normalized spacial score (nSPS) is 22.9. The van der Waals surface area contributed by atoms with E-state index >= 15 is 0 Å². The minimum Gasteiger partial charge on any atom is -0.352 e. The molecule has 1 saturated carbocycles. The Balaban J connectivity index is 1.92. The van der Waals surface area contributed by atoms with E-state index in [9.17, 15) is 4.79 Å². The van der Waals surface area contributed by atoms with Crippen LogP contribution in [-0.4, -0.2) is 5.91 Å². The van der Waals surface area contributed by atoms with Crippen LogP contribution in [0.5, 0.6) is 0 Å². The van der Waals surface area contributed by atoms with Gasteiger partial charge in [0.25, 0.3) is 0 Å². The van der Waals surface area contributed by atoms with Crippen molar-refractivity contribution in [3.63, 3.8) is 0 Å². The first-order chi connectivity index (χ1) is 7.58. The Morgan fingerprint density at radius 3 is 2.75 bits per heavy atom. The van der Waals surface area contributed by atoms with Crippen molar-refractivity contribution in [3.05, 3.63) is 33.8 Å². The van der Waals surface area contributed by atoms with Gasteiger partial charge in [-0.3, -0.25) is 4.79 Å². The molecular weight excluding hydrogens is 245 g/mol. The van der Waals surface area contributed by atoms with Crippen LogP contribution in [-0.2, 0) is 11.3 Å². The highest BCUT2D eigenvalue weighted by Gasteiger charge is 2.38. The zero-order chi connectivity index (χ0) is 11.7. The van der Waals surface area contributed by atoms with Gasteiger partial charge < -0.3 is 5.32 Å². The molecular formula is C12H13Cl2NO. The summed E-state index contributed by atoms with van der Waals surface area (Å²) in [5.41, 5.74) is 0.896. The molecule has 2 atom stereocenters. The van der Waals surface area contributed by atoms with Crippen LogP contribution in [0.15, 0.2) is 18.2 Å². The molecule has 2 rings (SSSR count). The van der Waals surface area contributed by atoms with E-state index in [0.717, 1.165) is 12.0 Å². The minimum atomic E-state index is 0.124. The van der Waals surface area contributed by atoms with Crippen molar-refractivity contribution in [2.24, 2.45) is 11.8 Å². The SMILES string of the molecule is C[C@@H]1C[C@@H]1C(=O)NCc1ccc(Cl)cc1Cl. The average molecular weight is 258 g/mol. The fourth-order valence-corrected chi connectivity index (χ4v) is 2.14. The lowest BCUT2D eigenvalue weighted by molar-refractivity contribution is -0.122. The number of benzene rings is 1. The number of carbonyl (C=O) groups is 1. The molecule has 1 aromatic carbocycles. The molecule has 4 heteroatoms. The van der Waals surface area contributed by atoms with E-state index in [4.69, 9.17) is 23.2 Å². The molecule has 0 unspecified atom stereocenters. The number of nitrogens with one attached hydrogen (secondary N) is 1. The van der Waals surface area contributed by atoms with Gasteiger partial charge in [-0.2, -0.15) is 0 Å². The molecule has 1 fully saturated rings. The molecule has 16 heavy (non-hydrogen) atoms. The van der Waals surface area contributed by atoms with Crippen molar-refractivity contribution in [1.82, 2.24) is 5.32 Å². The highest BCUT2D eigenvalue weighted by atomic mass is 35.5. The van der Waals surface area contributed by atoms with Crippen molar-refractivity contribution in [3.8, 4) is 0 Å². The van der Waals surface area contributed by atoms with Crippen LogP contribution in [0.1, 0.15) is 18.9 Å². The van der Waals surface area contributed by atoms with Gasteiger partial charge in [0.05, 0.1) is 0 Å². The van der Waals surface area contributed by atoms with E-state index in [2.05, 4.69) is 12.2 Å². The van der Waals surface area contributed by atoms with Gasteiger partial charge >= 0.3 is 0 Å². The second kappa shape index (κ2) is 4.64. The number of hydrogen-bond donors (Lipinski definition) is 1. The molecule has 1 aromatic rings. The zero-order valence-corrected chi connectivity index (χ0v) is 10.5. The topological polar surface area (TPSA) is 29.1 Å². The van der Waals surface area contributed by atoms with Crippen molar-refractivity contribution in [1.29, 1.82) is 0 Å². The molecule has 0 radical (unpaired) electrons. The summed E-state index contributed by atoms with van der Waals surface area (Å²) in [5.74, 6) is 0.852. The summed E-state index contributed by atoms with van der Waals surface area (Å²) in [7, 11) is 0. The van der Waals surface area contributed by atoms with Crippen LogP contribution in [0, 0.1) is 11.8 Å². The maximum Gasteiger partial charge on any atom is 0.223 e. The summed E-state index contributed by atoms with van der Waals surface area (Å²) >= 11 is 11.8. The maximum atomic E-state index is 11.6. The number of amides is 1. The largest absolute Gasteiger partial charge is 0.352 e. The first kappa shape index (κ1) is 11.7. The van der Waals surface area contributed by atoms with E-state index in [1.807, 2.05) is 6.07 Å². The Kier molecular flexibility index (Phi) is 3.41. The van der Waals surface area contributed by atoms with Gasteiger partial charge in [0.15, 0.2) is 0 Å². The Morgan fingerprint density at radius 1 is 1.50 bits per heavy atom. The number of hydrogen-bond acceptors (Lipinski definition) is 1. The molecule has 1 aliphatic carbocycles. The van der Waals surface area contributed by atoms with Crippen molar-refractivity contribution in [2.75, 3.05) is 0 Å². The predicted octanol–water partition coefficient (Wildman–Crippen LogP) is 3.27. The highest BCUT2D eigenvalue weighted by molar-refractivity contribution is 6.35. The monoisotopic (exact) mass is 257 g/mol. The van der Waals surface area contributed by atoms with Gasteiger partial charge in [-0.1, -0.05) is 36.2 Å². The molecule has 0 heterocycles. The van der Waals surface area contributed by atoms with Crippen LogP contribution < -0.4 is 5.32 Å². The van der Waals surface area contributed by atoms with Crippen LogP contribution in [0.2, 0.25) is 10.0 Å². The summed E-state index contributed by atoms with van der Waals surface area (Å²) in [4.78, 5) is 11.6. The van der Waals surface area contributed by atoms with Gasteiger partial charge in [-0.25, -0.2) is 0 Å². The Hall–Kier alpha value is -0.730. The van der Waals surface area contributed by atoms with E-state index in [0.29, 0.717) is 22.5 Å². The number of rotatable bonds is 3. The molecule has 1 N–H and O–H groups in total. The lowest BCUT2D eigenvalue weighted by atomic mass is 10.2. The van der Waals surface area contributed by atoms with Crippen LogP contribution in [0.25, 0.3) is 0 Å². The molecule has 0 spiro atoms. The maximum absolute atomic E-state index is 11.6. The zero-order valence-electron chi connectivity index (χ0n) is 8.97. The molecule has 1 aliphatic rings. The van der Waals surface area contributed by atoms with Gasteiger partial charge in [0, 0.05) is 22.5 Å². The van der Waals surface area contributed by atoms with Crippen molar-refractivity contribution < 1.29 is 4.79 Å². The van der Waals surface area contributed by atoms with Crippen molar-refractivity contribution in [2.45, 2.75) is 19.9 Å². The van der Waals surface area contributed by atoms with Crippen LogP contribution in [0.3, 0.4) is 0 Å². The number of halogens is 2. The van der Waals surface area contributed by atoms with E-state index in [-0.39, 0.29) is 11.8 Å². The van der Waals surface area contributed by atoms with E-state index < -0.39 is 0 Å². The first-order valence-electron chi connectivity index (χ1n) is 5.29. The van der Waals surface area contributed by atoms with E-state index in [1.54, 1.807) is 12.1 Å². The molecule has 0 aromatic heterocycles. The Bertz CT molecular complexity index is 419. The van der Waals surface area contributed by atoms with Gasteiger partial charge in [-0.15, -0.1) is 0 Å². The molecule has 0 bridgehead atoms. The summed E-state index contributed by atoms with van der Waals surface area (Å²) in [6.45, 7) is 2.55. The molecule has 1 amide bonds. The lowest BCUT2D eigenvalue weighted by Crippen LogP contribution is -2.24. The predicted molar refractivity (Wildman–Crippen MR) is 65.6 cm³/mol. The molecule has 0 saturated heterocycles.